The van der Waals surface area contributed by atoms with Gasteiger partial charge in [0, 0.05) is 6.54 Å². The van der Waals surface area contributed by atoms with E-state index in [4.69, 9.17) is 5.73 Å². The standard InChI is InChI=1S/C13H18BrFN2.ClH/c14-12-7-11(1-2-13(12)15)9-17-5-3-10(8-16)4-6-17;/h1-2,7,10H,3-6,8-9,16H2;1H. The summed E-state index contributed by atoms with van der Waals surface area (Å²) in [5.41, 5.74) is 6.83. The monoisotopic (exact) mass is 336 g/mol. The number of hydrogen-bond donors (Lipinski definition) is 1. The number of likely N-dealkylation sites (tertiary alicyclic amines) is 1. The first-order valence-electron chi connectivity index (χ1n) is 6.05. The highest BCUT2D eigenvalue weighted by Gasteiger charge is 2.18. The average Bonchev–Trinajstić information content (AvgIpc) is 2.35. The van der Waals surface area contributed by atoms with Crippen molar-refractivity contribution < 1.29 is 4.39 Å². The van der Waals surface area contributed by atoms with Gasteiger partial charge in [0.15, 0.2) is 0 Å². The zero-order valence-electron chi connectivity index (χ0n) is 10.2. The molecule has 0 aromatic heterocycles. The van der Waals surface area contributed by atoms with E-state index in [0.717, 1.165) is 31.7 Å². The van der Waals surface area contributed by atoms with Gasteiger partial charge in [-0.2, -0.15) is 0 Å². The minimum atomic E-state index is -0.199. The maximum atomic E-state index is 13.1. The molecule has 102 valence electrons. The van der Waals surface area contributed by atoms with Crippen molar-refractivity contribution in [2.75, 3.05) is 19.6 Å². The summed E-state index contributed by atoms with van der Waals surface area (Å²) in [6.07, 6.45) is 2.36. The van der Waals surface area contributed by atoms with E-state index in [2.05, 4.69) is 20.8 Å². The van der Waals surface area contributed by atoms with Crippen LogP contribution in [0.3, 0.4) is 0 Å². The van der Waals surface area contributed by atoms with Gasteiger partial charge in [-0.15, -0.1) is 12.4 Å². The van der Waals surface area contributed by atoms with Crippen molar-refractivity contribution in [2.24, 2.45) is 11.7 Å². The molecule has 1 aromatic rings. The van der Waals surface area contributed by atoms with Crippen LogP contribution in [0.15, 0.2) is 22.7 Å². The van der Waals surface area contributed by atoms with Crippen molar-refractivity contribution >= 4 is 28.3 Å². The first-order valence-corrected chi connectivity index (χ1v) is 6.84. The Morgan fingerprint density at radius 1 is 1.33 bits per heavy atom. The summed E-state index contributed by atoms with van der Waals surface area (Å²) in [7, 11) is 0. The Morgan fingerprint density at radius 3 is 2.56 bits per heavy atom. The number of halogens is 3. The minimum absolute atomic E-state index is 0. The molecule has 1 fully saturated rings. The quantitative estimate of drug-likeness (QED) is 0.918. The van der Waals surface area contributed by atoms with Crippen LogP contribution in [-0.2, 0) is 6.54 Å². The van der Waals surface area contributed by atoms with Gasteiger partial charge < -0.3 is 5.73 Å². The molecule has 0 saturated carbocycles. The van der Waals surface area contributed by atoms with Crippen molar-refractivity contribution in [3.63, 3.8) is 0 Å². The Hall–Kier alpha value is -0.160. The Morgan fingerprint density at radius 2 is 2.00 bits per heavy atom. The van der Waals surface area contributed by atoms with Gasteiger partial charge in [0.2, 0.25) is 0 Å². The third-order valence-electron chi connectivity index (χ3n) is 3.43. The van der Waals surface area contributed by atoms with Crippen LogP contribution in [0.25, 0.3) is 0 Å². The Kier molecular flexibility index (Phi) is 6.57. The molecule has 1 aromatic carbocycles. The van der Waals surface area contributed by atoms with Crippen molar-refractivity contribution in [3.8, 4) is 0 Å². The number of rotatable bonds is 3. The Labute approximate surface area is 122 Å². The maximum absolute atomic E-state index is 13.1. The predicted octanol–water partition coefficient (Wildman–Crippen LogP) is 3.18. The molecule has 0 atom stereocenters. The molecule has 2 rings (SSSR count). The highest BCUT2D eigenvalue weighted by Crippen LogP contribution is 2.21. The summed E-state index contributed by atoms with van der Waals surface area (Å²) in [5.74, 6) is 0.488. The first kappa shape index (κ1) is 15.9. The third-order valence-corrected chi connectivity index (χ3v) is 4.04. The zero-order chi connectivity index (χ0) is 12.3. The molecule has 1 aliphatic rings. The number of piperidine rings is 1. The molecule has 0 unspecified atom stereocenters. The molecule has 0 aliphatic carbocycles. The van der Waals surface area contributed by atoms with E-state index in [1.807, 2.05) is 12.1 Å². The summed E-state index contributed by atoms with van der Waals surface area (Å²) in [4.78, 5) is 2.41. The van der Waals surface area contributed by atoms with Crippen LogP contribution in [-0.4, -0.2) is 24.5 Å². The molecular weight excluding hydrogens is 319 g/mol. The number of hydrogen-bond acceptors (Lipinski definition) is 2. The molecule has 1 aliphatic heterocycles. The minimum Gasteiger partial charge on any atom is -0.330 e. The Balaban J connectivity index is 0.00000162. The van der Waals surface area contributed by atoms with Crippen molar-refractivity contribution in [3.05, 3.63) is 34.1 Å². The fourth-order valence-corrected chi connectivity index (χ4v) is 2.70. The normalized spacial score (nSPS) is 17.5. The second-order valence-corrected chi connectivity index (χ2v) is 5.56. The average molecular weight is 338 g/mol. The van der Waals surface area contributed by atoms with Crippen LogP contribution in [0, 0.1) is 11.7 Å². The molecule has 5 heteroatoms. The molecule has 1 saturated heterocycles. The van der Waals surface area contributed by atoms with Crippen LogP contribution < -0.4 is 5.73 Å². The first-order chi connectivity index (χ1) is 8.19. The lowest BCUT2D eigenvalue weighted by Crippen LogP contribution is -2.35. The van der Waals surface area contributed by atoms with Crippen molar-refractivity contribution in [1.29, 1.82) is 0 Å². The summed E-state index contributed by atoms with van der Waals surface area (Å²) in [6.45, 7) is 3.89. The molecule has 0 amide bonds. The van der Waals surface area contributed by atoms with Gasteiger partial charge in [0.05, 0.1) is 4.47 Å². The van der Waals surface area contributed by atoms with Gasteiger partial charge >= 0.3 is 0 Å². The highest BCUT2D eigenvalue weighted by molar-refractivity contribution is 9.10. The smallest absolute Gasteiger partial charge is 0.137 e. The Bertz CT molecular complexity index is 381. The van der Waals surface area contributed by atoms with Crippen LogP contribution in [0.2, 0.25) is 0 Å². The van der Waals surface area contributed by atoms with E-state index in [1.54, 1.807) is 0 Å². The molecule has 0 bridgehead atoms. The van der Waals surface area contributed by atoms with E-state index >= 15 is 0 Å². The van der Waals surface area contributed by atoms with Crippen LogP contribution in [0.1, 0.15) is 18.4 Å². The van der Waals surface area contributed by atoms with Gasteiger partial charge in [0.25, 0.3) is 0 Å². The molecule has 0 radical (unpaired) electrons. The van der Waals surface area contributed by atoms with Gasteiger partial charge in [-0.3, -0.25) is 4.90 Å². The topological polar surface area (TPSA) is 29.3 Å². The SMILES string of the molecule is Cl.NCC1CCN(Cc2ccc(F)c(Br)c2)CC1. The van der Waals surface area contributed by atoms with Crippen molar-refractivity contribution in [2.45, 2.75) is 19.4 Å². The lowest BCUT2D eigenvalue weighted by atomic mass is 9.97. The fraction of sp³-hybridized carbons (Fsp3) is 0.538. The third kappa shape index (κ3) is 4.19. The summed E-state index contributed by atoms with van der Waals surface area (Å²) < 4.78 is 13.6. The van der Waals surface area contributed by atoms with Crippen LogP contribution in [0.5, 0.6) is 0 Å². The molecular formula is C13H19BrClFN2. The van der Waals surface area contributed by atoms with E-state index < -0.39 is 0 Å². The molecule has 18 heavy (non-hydrogen) atoms. The van der Waals surface area contributed by atoms with E-state index in [-0.39, 0.29) is 18.2 Å². The van der Waals surface area contributed by atoms with Crippen molar-refractivity contribution in [1.82, 2.24) is 4.90 Å². The van der Waals surface area contributed by atoms with E-state index in [1.165, 1.54) is 18.9 Å². The highest BCUT2D eigenvalue weighted by atomic mass is 79.9. The lowest BCUT2D eigenvalue weighted by Gasteiger charge is -2.31. The van der Waals surface area contributed by atoms with Gasteiger partial charge in [-0.25, -0.2) is 4.39 Å². The summed E-state index contributed by atoms with van der Waals surface area (Å²) in [5, 5.41) is 0. The molecule has 0 spiro atoms. The number of nitrogens with two attached hydrogens (primary N) is 1. The largest absolute Gasteiger partial charge is 0.330 e. The maximum Gasteiger partial charge on any atom is 0.137 e. The number of benzene rings is 1. The summed E-state index contributed by atoms with van der Waals surface area (Å²) >= 11 is 3.22. The molecule has 1 heterocycles. The van der Waals surface area contributed by atoms with E-state index in [9.17, 15) is 4.39 Å². The molecule has 2 nitrogen and oxygen atoms in total. The predicted molar refractivity (Wildman–Crippen MR) is 78.4 cm³/mol. The lowest BCUT2D eigenvalue weighted by molar-refractivity contribution is 0.180. The molecule has 2 N–H and O–H groups in total. The second-order valence-electron chi connectivity index (χ2n) is 4.70. The summed E-state index contributed by atoms with van der Waals surface area (Å²) in [6, 6.07) is 5.24. The fourth-order valence-electron chi connectivity index (χ4n) is 2.28. The van der Waals surface area contributed by atoms with Crippen LogP contribution in [0.4, 0.5) is 4.39 Å². The van der Waals surface area contributed by atoms with Crippen LogP contribution >= 0.6 is 28.3 Å². The van der Waals surface area contributed by atoms with Gasteiger partial charge in [-0.05, 0) is 72.0 Å². The van der Waals surface area contributed by atoms with Gasteiger partial charge in [-0.1, -0.05) is 6.07 Å². The second kappa shape index (κ2) is 7.43. The van der Waals surface area contributed by atoms with E-state index in [0.29, 0.717) is 10.4 Å². The zero-order valence-corrected chi connectivity index (χ0v) is 12.6. The number of nitrogens with zero attached hydrogens (tertiary/aromatic N) is 1. The van der Waals surface area contributed by atoms with Gasteiger partial charge in [0.1, 0.15) is 5.82 Å².